The number of carbonyl (C=O) groups excluding carboxylic acids is 1. The van der Waals surface area contributed by atoms with Gasteiger partial charge in [0.05, 0.1) is 16.1 Å². The second-order valence-electron chi connectivity index (χ2n) is 5.72. The smallest absolute Gasteiger partial charge is 0.354 e. The predicted octanol–water partition coefficient (Wildman–Crippen LogP) is 4.47. The number of rotatable bonds is 5. The van der Waals surface area contributed by atoms with E-state index in [2.05, 4.69) is 20.6 Å². The maximum atomic E-state index is 12.8. The lowest BCUT2D eigenvalue weighted by Gasteiger charge is -2.12. The monoisotopic (exact) mass is 372 g/mol. The standard InChI is InChI=1S/C16H16ClF3N4O/c1-9(2)6-21-15-22-7-10(8-23-15)14(25)24-11-3-4-13(17)12(5-11)16(18,19)20/h3-5,7-9H,6H2,1-2H3,(H,24,25)(H,21,22,23). The Kier molecular flexibility index (Phi) is 5.84. The van der Waals surface area contributed by atoms with E-state index in [-0.39, 0.29) is 11.3 Å². The van der Waals surface area contributed by atoms with Crippen molar-refractivity contribution in [3.8, 4) is 0 Å². The van der Waals surface area contributed by atoms with Crippen LogP contribution in [0.5, 0.6) is 0 Å². The first kappa shape index (κ1) is 19.0. The summed E-state index contributed by atoms with van der Waals surface area (Å²) in [5, 5.41) is 4.93. The molecule has 0 aliphatic heterocycles. The number of benzene rings is 1. The number of hydrogen-bond donors (Lipinski definition) is 2. The lowest BCUT2D eigenvalue weighted by molar-refractivity contribution is -0.137. The summed E-state index contributed by atoms with van der Waals surface area (Å²) in [6.45, 7) is 4.73. The summed E-state index contributed by atoms with van der Waals surface area (Å²) in [5.74, 6) is 0.154. The Labute approximate surface area is 147 Å². The minimum absolute atomic E-state index is 0.0243. The van der Waals surface area contributed by atoms with Gasteiger partial charge in [-0.25, -0.2) is 9.97 Å². The molecule has 0 unspecified atom stereocenters. The van der Waals surface area contributed by atoms with Crippen LogP contribution in [-0.2, 0) is 6.18 Å². The van der Waals surface area contributed by atoms with Gasteiger partial charge in [0.15, 0.2) is 0 Å². The molecule has 0 bridgehead atoms. The molecule has 0 aliphatic carbocycles. The summed E-state index contributed by atoms with van der Waals surface area (Å²) in [5.41, 5.74) is -0.918. The third-order valence-corrected chi connectivity index (χ3v) is 3.44. The molecule has 0 spiro atoms. The summed E-state index contributed by atoms with van der Waals surface area (Å²) in [6.07, 6.45) is -2.01. The van der Waals surface area contributed by atoms with Gasteiger partial charge in [-0.2, -0.15) is 13.2 Å². The second kappa shape index (κ2) is 7.69. The predicted molar refractivity (Wildman–Crippen MR) is 89.8 cm³/mol. The van der Waals surface area contributed by atoms with E-state index in [0.29, 0.717) is 18.4 Å². The van der Waals surface area contributed by atoms with Gasteiger partial charge >= 0.3 is 6.18 Å². The Morgan fingerprint density at radius 3 is 2.44 bits per heavy atom. The second-order valence-corrected chi connectivity index (χ2v) is 6.12. The van der Waals surface area contributed by atoms with Crippen molar-refractivity contribution in [1.29, 1.82) is 0 Å². The molecular weight excluding hydrogens is 357 g/mol. The Hall–Kier alpha value is -2.35. The third kappa shape index (κ3) is 5.32. The van der Waals surface area contributed by atoms with E-state index in [9.17, 15) is 18.0 Å². The molecule has 0 saturated carbocycles. The highest BCUT2D eigenvalue weighted by molar-refractivity contribution is 6.31. The Bertz CT molecular complexity index is 748. The first-order valence-corrected chi connectivity index (χ1v) is 7.78. The molecule has 2 rings (SSSR count). The van der Waals surface area contributed by atoms with Crippen molar-refractivity contribution in [2.45, 2.75) is 20.0 Å². The van der Waals surface area contributed by atoms with E-state index in [4.69, 9.17) is 11.6 Å². The van der Waals surface area contributed by atoms with Crippen molar-refractivity contribution in [2.24, 2.45) is 5.92 Å². The summed E-state index contributed by atoms with van der Waals surface area (Å²) in [7, 11) is 0. The first-order chi connectivity index (χ1) is 11.7. The number of alkyl halides is 3. The molecule has 1 heterocycles. The van der Waals surface area contributed by atoms with Crippen LogP contribution in [0.15, 0.2) is 30.6 Å². The van der Waals surface area contributed by atoms with Gasteiger partial charge in [0, 0.05) is 24.6 Å². The number of nitrogens with zero attached hydrogens (tertiary/aromatic N) is 2. The fourth-order valence-electron chi connectivity index (χ4n) is 1.86. The third-order valence-electron chi connectivity index (χ3n) is 3.11. The maximum absolute atomic E-state index is 12.8. The SMILES string of the molecule is CC(C)CNc1ncc(C(=O)Nc2ccc(Cl)c(C(F)(F)F)c2)cn1. The maximum Gasteiger partial charge on any atom is 0.417 e. The van der Waals surface area contributed by atoms with Crippen LogP contribution in [0.2, 0.25) is 5.02 Å². The van der Waals surface area contributed by atoms with Gasteiger partial charge in [-0.15, -0.1) is 0 Å². The number of aromatic nitrogens is 2. The van der Waals surface area contributed by atoms with Crippen LogP contribution >= 0.6 is 11.6 Å². The summed E-state index contributed by atoms with van der Waals surface area (Å²) in [4.78, 5) is 20.1. The number of halogens is 4. The van der Waals surface area contributed by atoms with Crippen molar-refractivity contribution in [2.75, 3.05) is 17.2 Å². The molecule has 2 aromatic rings. The van der Waals surface area contributed by atoms with Crippen molar-refractivity contribution >= 4 is 29.1 Å². The average Bonchev–Trinajstić information content (AvgIpc) is 2.54. The van der Waals surface area contributed by atoms with Crippen molar-refractivity contribution < 1.29 is 18.0 Å². The van der Waals surface area contributed by atoms with E-state index < -0.39 is 22.7 Å². The quantitative estimate of drug-likeness (QED) is 0.812. The van der Waals surface area contributed by atoms with E-state index in [1.165, 1.54) is 18.5 Å². The van der Waals surface area contributed by atoms with E-state index in [1.54, 1.807) is 0 Å². The molecule has 25 heavy (non-hydrogen) atoms. The van der Waals surface area contributed by atoms with E-state index in [1.807, 2.05) is 13.8 Å². The molecule has 0 fully saturated rings. The number of amides is 1. The largest absolute Gasteiger partial charge is 0.417 e. The van der Waals surface area contributed by atoms with Gasteiger partial charge in [0.1, 0.15) is 0 Å². The molecule has 0 aliphatic rings. The molecule has 134 valence electrons. The van der Waals surface area contributed by atoms with Crippen LogP contribution in [0.1, 0.15) is 29.8 Å². The molecule has 2 N–H and O–H groups in total. The molecule has 1 amide bonds. The minimum Gasteiger partial charge on any atom is -0.354 e. The fraction of sp³-hybridized carbons (Fsp3) is 0.312. The van der Waals surface area contributed by atoms with Gasteiger partial charge in [0.25, 0.3) is 5.91 Å². The first-order valence-electron chi connectivity index (χ1n) is 7.41. The Balaban J connectivity index is 2.09. The van der Waals surface area contributed by atoms with Crippen LogP contribution in [0.3, 0.4) is 0 Å². The van der Waals surface area contributed by atoms with Crippen molar-refractivity contribution in [1.82, 2.24) is 9.97 Å². The number of hydrogen-bond acceptors (Lipinski definition) is 4. The van der Waals surface area contributed by atoms with Gasteiger partial charge in [0.2, 0.25) is 5.95 Å². The molecule has 1 aromatic carbocycles. The van der Waals surface area contributed by atoms with E-state index >= 15 is 0 Å². The Morgan fingerprint density at radius 2 is 1.88 bits per heavy atom. The molecule has 0 saturated heterocycles. The van der Waals surface area contributed by atoms with Crippen LogP contribution in [0.4, 0.5) is 24.8 Å². The summed E-state index contributed by atoms with van der Waals surface area (Å²) >= 11 is 5.54. The summed E-state index contributed by atoms with van der Waals surface area (Å²) < 4.78 is 38.5. The number of nitrogens with one attached hydrogen (secondary N) is 2. The molecule has 0 atom stereocenters. The van der Waals surface area contributed by atoms with Crippen LogP contribution in [0, 0.1) is 5.92 Å². The minimum atomic E-state index is -4.61. The molecule has 9 heteroatoms. The zero-order valence-corrected chi connectivity index (χ0v) is 14.2. The van der Waals surface area contributed by atoms with Crippen LogP contribution in [-0.4, -0.2) is 22.4 Å². The average molecular weight is 373 g/mol. The highest BCUT2D eigenvalue weighted by Crippen LogP contribution is 2.36. The normalized spacial score (nSPS) is 11.5. The zero-order chi connectivity index (χ0) is 18.6. The highest BCUT2D eigenvalue weighted by atomic mass is 35.5. The van der Waals surface area contributed by atoms with Crippen LogP contribution in [0.25, 0.3) is 0 Å². The number of carbonyl (C=O) groups is 1. The molecule has 0 radical (unpaired) electrons. The lowest BCUT2D eigenvalue weighted by atomic mass is 10.2. The topological polar surface area (TPSA) is 66.9 Å². The lowest BCUT2D eigenvalue weighted by Crippen LogP contribution is -2.15. The molecular formula is C16H16ClF3N4O. The fourth-order valence-corrected chi connectivity index (χ4v) is 2.08. The van der Waals surface area contributed by atoms with Crippen molar-refractivity contribution in [3.63, 3.8) is 0 Å². The zero-order valence-electron chi connectivity index (χ0n) is 13.5. The van der Waals surface area contributed by atoms with E-state index in [0.717, 1.165) is 12.1 Å². The number of anilines is 2. The molecule has 1 aromatic heterocycles. The van der Waals surface area contributed by atoms with Crippen LogP contribution < -0.4 is 10.6 Å². The Morgan fingerprint density at radius 1 is 1.24 bits per heavy atom. The van der Waals surface area contributed by atoms with Gasteiger partial charge in [-0.1, -0.05) is 25.4 Å². The van der Waals surface area contributed by atoms with Gasteiger partial charge in [-0.3, -0.25) is 4.79 Å². The molecule has 5 nitrogen and oxygen atoms in total. The summed E-state index contributed by atoms with van der Waals surface area (Å²) in [6, 6.07) is 3.14. The highest BCUT2D eigenvalue weighted by Gasteiger charge is 2.33. The van der Waals surface area contributed by atoms with Gasteiger partial charge < -0.3 is 10.6 Å². The van der Waals surface area contributed by atoms with Gasteiger partial charge in [-0.05, 0) is 24.1 Å². The van der Waals surface area contributed by atoms with Crippen molar-refractivity contribution in [3.05, 3.63) is 46.7 Å².